The molecule has 126 valence electrons. The molecule has 2 atom stereocenters. The number of hydrogen-bond donors (Lipinski definition) is 1. The average Bonchev–Trinajstić information content (AvgIpc) is 3.25. The van der Waals surface area contributed by atoms with Crippen molar-refractivity contribution >= 4 is 0 Å². The Morgan fingerprint density at radius 1 is 1.39 bits per heavy atom. The molecule has 8 heteroatoms. The van der Waals surface area contributed by atoms with Crippen molar-refractivity contribution in [3.63, 3.8) is 0 Å². The fourth-order valence-corrected chi connectivity index (χ4v) is 3.35. The molecule has 0 saturated carbocycles. The molecular formula is C15H24N6O2. The summed E-state index contributed by atoms with van der Waals surface area (Å²) in [7, 11) is 1.74. The summed E-state index contributed by atoms with van der Waals surface area (Å²) in [5, 5.41) is 11.2. The SMILES string of the molecule is CCn1nccc1CN1C[C@@H](OC)C[C@H]1c1n[nH]c(=O)n1CC. The van der Waals surface area contributed by atoms with Gasteiger partial charge in [-0.15, -0.1) is 0 Å². The van der Waals surface area contributed by atoms with Crippen molar-refractivity contribution in [2.75, 3.05) is 13.7 Å². The number of nitrogens with one attached hydrogen (secondary N) is 1. The number of rotatable bonds is 6. The molecule has 0 amide bonds. The number of aromatic amines is 1. The van der Waals surface area contributed by atoms with Crippen LogP contribution in [0.25, 0.3) is 0 Å². The van der Waals surface area contributed by atoms with E-state index >= 15 is 0 Å². The molecule has 1 aliphatic heterocycles. The molecule has 1 N–H and O–H groups in total. The van der Waals surface area contributed by atoms with Gasteiger partial charge >= 0.3 is 5.69 Å². The van der Waals surface area contributed by atoms with E-state index in [1.165, 1.54) is 0 Å². The van der Waals surface area contributed by atoms with Crippen LogP contribution in [0.3, 0.4) is 0 Å². The molecule has 0 unspecified atom stereocenters. The molecule has 0 aromatic carbocycles. The quantitative estimate of drug-likeness (QED) is 0.850. The van der Waals surface area contributed by atoms with Crippen molar-refractivity contribution < 1.29 is 4.74 Å². The van der Waals surface area contributed by atoms with Gasteiger partial charge in [0.2, 0.25) is 0 Å². The standard InChI is InChI=1S/C15H24N6O2/c1-4-20-14(17-18-15(20)22)13-8-12(23-3)10-19(13)9-11-6-7-16-21(11)5-2/h6-7,12-13H,4-5,8-10H2,1-3H3,(H,18,22)/t12-,13-/m0/s1. The first-order chi connectivity index (χ1) is 11.2. The second-order valence-electron chi connectivity index (χ2n) is 5.81. The Labute approximate surface area is 135 Å². The zero-order chi connectivity index (χ0) is 16.4. The highest BCUT2D eigenvalue weighted by atomic mass is 16.5. The first-order valence-electron chi connectivity index (χ1n) is 8.10. The fraction of sp³-hybridized carbons (Fsp3) is 0.667. The summed E-state index contributed by atoms with van der Waals surface area (Å²) < 4.78 is 9.26. The molecule has 3 rings (SSSR count). The van der Waals surface area contributed by atoms with Gasteiger partial charge in [0.15, 0.2) is 5.82 Å². The van der Waals surface area contributed by atoms with Gasteiger partial charge in [-0.2, -0.15) is 10.2 Å². The van der Waals surface area contributed by atoms with E-state index in [0.717, 1.165) is 37.6 Å². The molecule has 1 aliphatic rings. The van der Waals surface area contributed by atoms with E-state index in [4.69, 9.17) is 4.74 Å². The molecule has 2 aromatic heterocycles. The van der Waals surface area contributed by atoms with Crippen LogP contribution in [-0.4, -0.2) is 49.2 Å². The van der Waals surface area contributed by atoms with Crippen molar-refractivity contribution in [1.29, 1.82) is 0 Å². The molecular weight excluding hydrogens is 296 g/mol. The lowest BCUT2D eigenvalue weighted by molar-refractivity contribution is 0.107. The summed E-state index contributed by atoms with van der Waals surface area (Å²) in [4.78, 5) is 14.2. The molecule has 2 aromatic rings. The van der Waals surface area contributed by atoms with Crippen LogP contribution in [0.1, 0.15) is 37.8 Å². The van der Waals surface area contributed by atoms with E-state index in [0.29, 0.717) is 6.54 Å². The lowest BCUT2D eigenvalue weighted by Crippen LogP contribution is -2.29. The maximum atomic E-state index is 11.9. The van der Waals surface area contributed by atoms with Crippen LogP contribution in [0.2, 0.25) is 0 Å². The van der Waals surface area contributed by atoms with E-state index in [9.17, 15) is 4.79 Å². The van der Waals surface area contributed by atoms with Crippen molar-refractivity contribution in [2.24, 2.45) is 0 Å². The van der Waals surface area contributed by atoms with Gasteiger partial charge in [0, 0.05) is 39.5 Å². The third-order valence-corrected chi connectivity index (χ3v) is 4.57. The summed E-state index contributed by atoms with van der Waals surface area (Å²) in [5.74, 6) is 0.791. The largest absolute Gasteiger partial charge is 0.380 e. The summed E-state index contributed by atoms with van der Waals surface area (Å²) in [5.41, 5.74) is 1.01. The third kappa shape index (κ3) is 2.96. The van der Waals surface area contributed by atoms with Crippen LogP contribution in [0.5, 0.6) is 0 Å². The van der Waals surface area contributed by atoms with Gasteiger partial charge in [-0.05, 0) is 26.3 Å². The van der Waals surface area contributed by atoms with E-state index in [2.05, 4.69) is 27.1 Å². The molecule has 23 heavy (non-hydrogen) atoms. The second kappa shape index (κ2) is 6.67. The summed E-state index contributed by atoms with van der Waals surface area (Å²) in [6.45, 7) is 7.08. The van der Waals surface area contributed by atoms with E-state index in [1.807, 2.05) is 23.9 Å². The normalized spacial score (nSPS) is 22.0. The summed E-state index contributed by atoms with van der Waals surface area (Å²) in [6.07, 6.45) is 2.81. The number of aryl methyl sites for hydroxylation is 1. The Morgan fingerprint density at radius 3 is 2.91 bits per heavy atom. The average molecular weight is 320 g/mol. The molecule has 3 heterocycles. The van der Waals surface area contributed by atoms with E-state index in [1.54, 1.807) is 11.7 Å². The molecule has 0 spiro atoms. The van der Waals surface area contributed by atoms with Crippen LogP contribution < -0.4 is 5.69 Å². The minimum absolute atomic E-state index is 0.0686. The molecule has 0 aliphatic carbocycles. The van der Waals surface area contributed by atoms with Crippen LogP contribution in [0, 0.1) is 0 Å². The summed E-state index contributed by atoms with van der Waals surface area (Å²) >= 11 is 0. The number of H-pyrrole nitrogens is 1. The fourth-order valence-electron chi connectivity index (χ4n) is 3.35. The minimum Gasteiger partial charge on any atom is -0.380 e. The predicted octanol–water partition coefficient (Wildman–Crippen LogP) is 0.770. The molecule has 8 nitrogen and oxygen atoms in total. The lowest BCUT2D eigenvalue weighted by Gasteiger charge is -2.23. The lowest BCUT2D eigenvalue weighted by atomic mass is 10.2. The van der Waals surface area contributed by atoms with Crippen molar-refractivity contribution in [1.82, 2.24) is 29.4 Å². The highest BCUT2D eigenvalue weighted by Gasteiger charge is 2.36. The van der Waals surface area contributed by atoms with Crippen LogP contribution in [-0.2, 0) is 24.4 Å². The number of ether oxygens (including phenoxy) is 1. The molecule has 0 radical (unpaired) electrons. The Morgan fingerprint density at radius 2 is 2.22 bits per heavy atom. The maximum absolute atomic E-state index is 11.9. The van der Waals surface area contributed by atoms with Crippen molar-refractivity contribution in [2.45, 2.75) is 52.0 Å². The zero-order valence-electron chi connectivity index (χ0n) is 13.9. The third-order valence-electron chi connectivity index (χ3n) is 4.57. The Kier molecular flexibility index (Phi) is 4.63. The van der Waals surface area contributed by atoms with Crippen LogP contribution in [0.15, 0.2) is 17.1 Å². The molecule has 0 bridgehead atoms. The second-order valence-corrected chi connectivity index (χ2v) is 5.81. The Bertz CT molecular complexity index is 703. The minimum atomic E-state index is -0.151. The van der Waals surface area contributed by atoms with Gasteiger partial charge in [-0.25, -0.2) is 9.89 Å². The van der Waals surface area contributed by atoms with Crippen molar-refractivity contribution in [3.05, 3.63) is 34.3 Å². The first kappa shape index (κ1) is 15.9. The smallest absolute Gasteiger partial charge is 0.343 e. The Balaban J connectivity index is 1.88. The van der Waals surface area contributed by atoms with Gasteiger partial charge in [-0.3, -0.25) is 14.1 Å². The maximum Gasteiger partial charge on any atom is 0.343 e. The zero-order valence-corrected chi connectivity index (χ0v) is 13.9. The number of hydrogen-bond acceptors (Lipinski definition) is 5. The van der Waals surface area contributed by atoms with Gasteiger partial charge in [0.25, 0.3) is 0 Å². The first-order valence-corrected chi connectivity index (χ1v) is 8.10. The predicted molar refractivity (Wildman–Crippen MR) is 85.0 cm³/mol. The number of likely N-dealkylation sites (tertiary alicyclic amines) is 1. The number of nitrogens with zero attached hydrogens (tertiary/aromatic N) is 5. The van der Waals surface area contributed by atoms with Gasteiger partial charge < -0.3 is 4.74 Å². The number of aromatic nitrogens is 5. The molecule has 1 saturated heterocycles. The van der Waals surface area contributed by atoms with E-state index < -0.39 is 0 Å². The van der Waals surface area contributed by atoms with Crippen LogP contribution in [0.4, 0.5) is 0 Å². The van der Waals surface area contributed by atoms with Gasteiger partial charge in [-0.1, -0.05) is 0 Å². The Hall–Kier alpha value is -1.93. The van der Waals surface area contributed by atoms with Gasteiger partial charge in [0.1, 0.15) is 0 Å². The highest BCUT2D eigenvalue weighted by Crippen LogP contribution is 2.33. The van der Waals surface area contributed by atoms with E-state index in [-0.39, 0.29) is 17.8 Å². The number of methoxy groups -OCH3 is 1. The van der Waals surface area contributed by atoms with Crippen LogP contribution >= 0.6 is 0 Å². The van der Waals surface area contributed by atoms with Gasteiger partial charge in [0.05, 0.1) is 17.8 Å². The molecule has 1 fully saturated rings. The highest BCUT2D eigenvalue weighted by molar-refractivity contribution is 5.06. The summed E-state index contributed by atoms with van der Waals surface area (Å²) in [6, 6.07) is 2.11. The monoisotopic (exact) mass is 320 g/mol. The van der Waals surface area contributed by atoms with Crippen molar-refractivity contribution in [3.8, 4) is 0 Å². The topological polar surface area (TPSA) is 81.0 Å².